The first-order chi connectivity index (χ1) is 13.0. The van der Waals surface area contributed by atoms with Crippen LogP contribution < -0.4 is 5.32 Å². The van der Waals surface area contributed by atoms with Gasteiger partial charge in [-0.15, -0.1) is 0 Å². The molecule has 1 fully saturated rings. The molecule has 0 spiro atoms. The monoisotopic (exact) mass is 368 g/mol. The Morgan fingerprint density at radius 2 is 1.74 bits per heavy atom. The summed E-state index contributed by atoms with van der Waals surface area (Å²) in [5.41, 5.74) is 1.99. The molecule has 0 unspecified atom stereocenters. The number of amides is 1. The maximum absolute atomic E-state index is 13.1. The summed E-state index contributed by atoms with van der Waals surface area (Å²) in [5, 5.41) is 2.88. The summed E-state index contributed by atoms with van der Waals surface area (Å²) in [7, 11) is 0. The Labute approximate surface area is 159 Å². The number of carbonyl (C=O) groups is 2. The zero-order valence-corrected chi connectivity index (χ0v) is 15.5. The van der Waals surface area contributed by atoms with E-state index in [1.807, 2.05) is 30.3 Å². The second kappa shape index (κ2) is 8.91. The molecule has 1 saturated carbocycles. The molecular formula is C22H25FN2O2. The average molecular weight is 368 g/mol. The van der Waals surface area contributed by atoms with Crippen molar-refractivity contribution in [1.82, 2.24) is 10.2 Å². The molecule has 1 amide bonds. The van der Waals surface area contributed by atoms with E-state index >= 15 is 0 Å². The van der Waals surface area contributed by atoms with Crippen molar-refractivity contribution in [2.24, 2.45) is 0 Å². The van der Waals surface area contributed by atoms with Crippen LogP contribution in [0, 0.1) is 5.82 Å². The second-order valence-corrected chi connectivity index (χ2v) is 7.18. The molecule has 1 N–H and O–H groups in total. The third kappa shape index (κ3) is 6.00. The van der Waals surface area contributed by atoms with Crippen molar-refractivity contribution in [3.05, 3.63) is 71.5 Å². The molecule has 4 nitrogen and oxygen atoms in total. The van der Waals surface area contributed by atoms with Gasteiger partial charge in [-0.1, -0.05) is 42.5 Å². The third-order valence-electron chi connectivity index (χ3n) is 4.82. The highest BCUT2D eigenvalue weighted by atomic mass is 19.1. The minimum absolute atomic E-state index is 0.0521. The SMILES string of the molecule is CC(=O)[C@H](Cc1ccccc1)NC(=O)CN(Cc1ccc(F)cc1)C1CC1. The number of hydrogen-bond acceptors (Lipinski definition) is 3. The maximum Gasteiger partial charge on any atom is 0.234 e. The van der Waals surface area contributed by atoms with Gasteiger partial charge in [0, 0.05) is 12.6 Å². The smallest absolute Gasteiger partial charge is 0.234 e. The summed E-state index contributed by atoms with van der Waals surface area (Å²) in [5.74, 6) is -0.469. The predicted octanol–water partition coefficient (Wildman–Crippen LogP) is 3.11. The Hall–Kier alpha value is -2.53. The molecule has 0 aliphatic heterocycles. The Bertz CT molecular complexity index is 773. The molecule has 1 atom stereocenters. The van der Waals surface area contributed by atoms with Crippen LogP contribution in [0.5, 0.6) is 0 Å². The zero-order valence-electron chi connectivity index (χ0n) is 15.5. The number of benzene rings is 2. The summed E-state index contributed by atoms with van der Waals surface area (Å²) in [4.78, 5) is 26.6. The number of rotatable bonds is 9. The van der Waals surface area contributed by atoms with Crippen molar-refractivity contribution in [3.8, 4) is 0 Å². The Kier molecular flexibility index (Phi) is 6.35. The highest BCUT2D eigenvalue weighted by Gasteiger charge is 2.31. The van der Waals surface area contributed by atoms with E-state index in [1.54, 1.807) is 12.1 Å². The molecular weight excluding hydrogens is 343 g/mol. The van der Waals surface area contributed by atoms with E-state index in [9.17, 15) is 14.0 Å². The van der Waals surface area contributed by atoms with E-state index in [0.29, 0.717) is 19.0 Å². The number of carbonyl (C=O) groups excluding carboxylic acids is 2. The van der Waals surface area contributed by atoms with Crippen LogP contribution >= 0.6 is 0 Å². The Morgan fingerprint density at radius 3 is 2.33 bits per heavy atom. The lowest BCUT2D eigenvalue weighted by atomic mass is 10.0. The zero-order chi connectivity index (χ0) is 19.2. The summed E-state index contributed by atoms with van der Waals surface area (Å²) in [6.45, 7) is 2.34. The molecule has 0 bridgehead atoms. The van der Waals surface area contributed by atoms with Gasteiger partial charge in [0.2, 0.25) is 5.91 Å². The lowest BCUT2D eigenvalue weighted by Crippen LogP contribution is -2.46. The summed E-state index contributed by atoms with van der Waals surface area (Å²) in [6.07, 6.45) is 2.62. The van der Waals surface area contributed by atoms with Crippen LogP contribution in [0.2, 0.25) is 0 Å². The summed E-state index contributed by atoms with van der Waals surface area (Å²) in [6, 6.07) is 15.9. The van der Waals surface area contributed by atoms with Gasteiger partial charge in [-0.05, 0) is 49.4 Å². The first-order valence-corrected chi connectivity index (χ1v) is 9.33. The molecule has 27 heavy (non-hydrogen) atoms. The fourth-order valence-corrected chi connectivity index (χ4v) is 3.15. The van der Waals surface area contributed by atoms with Crippen LogP contribution in [0.4, 0.5) is 4.39 Å². The van der Waals surface area contributed by atoms with Gasteiger partial charge in [0.05, 0.1) is 12.6 Å². The molecule has 2 aromatic carbocycles. The van der Waals surface area contributed by atoms with Crippen LogP contribution in [0.15, 0.2) is 54.6 Å². The number of nitrogens with one attached hydrogen (secondary N) is 1. The normalized spacial score (nSPS) is 14.8. The van der Waals surface area contributed by atoms with E-state index < -0.39 is 6.04 Å². The number of Topliss-reactive ketones (excluding diaryl/α,β-unsaturated/α-hetero) is 1. The molecule has 3 rings (SSSR count). The van der Waals surface area contributed by atoms with Crippen LogP contribution in [0.25, 0.3) is 0 Å². The first-order valence-electron chi connectivity index (χ1n) is 9.33. The van der Waals surface area contributed by atoms with Crippen LogP contribution in [-0.4, -0.2) is 35.2 Å². The molecule has 0 radical (unpaired) electrons. The van der Waals surface area contributed by atoms with Crippen molar-refractivity contribution in [2.75, 3.05) is 6.54 Å². The largest absolute Gasteiger partial charge is 0.345 e. The van der Waals surface area contributed by atoms with Gasteiger partial charge in [0.25, 0.3) is 0 Å². The summed E-state index contributed by atoms with van der Waals surface area (Å²) < 4.78 is 13.1. The fraction of sp³-hybridized carbons (Fsp3) is 0.364. The van der Waals surface area contributed by atoms with Gasteiger partial charge in [-0.3, -0.25) is 14.5 Å². The number of halogens is 1. The van der Waals surface area contributed by atoms with E-state index in [2.05, 4.69) is 10.2 Å². The van der Waals surface area contributed by atoms with Crippen molar-refractivity contribution in [2.45, 2.75) is 44.8 Å². The number of ketones is 1. The topological polar surface area (TPSA) is 49.4 Å². The van der Waals surface area contributed by atoms with Gasteiger partial charge in [0.1, 0.15) is 5.82 Å². The Balaban J connectivity index is 1.59. The van der Waals surface area contributed by atoms with Gasteiger partial charge < -0.3 is 5.32 Å². The molecule has 142 valence electrons. The van der Waals surface area contributed by atoms with Crippen molar-refractivity contribution in [1.29, 1.82) is 0 Å². The van der Waals surface area contributed by atoms with Gasteiger partial charge in [-0.25, -0.2) is 4.39 Å². The molecule has 1 aliphatic rings. The van der Waals surface area contributed by atoms with Crippen molar-refractivity contribution < 1.29 is 14.0 Å². The number of nitrogens with zero attached hydrogens (tertiary/aromatic N) is 1. The van der Waals surface area contributed by atoms with E-state index in [4.69, 9.17) is 0 Å². The highest BCUT2D eigenvalue weighted by Crippen LogP contribution is 2.28. The molecule has 1 aliphatic carbocycles. The average Bonchev–Trinajstić information content (AvgIpc) is 3.48. The van der Waals surface area contributed by atoms with Crippen LogP contribution in [0.3, 0.4) is 0 Å². The predicted molar refractivity (Wildman–Crippen MR) is 103 cm³/mol. The van der Waals surface area contributed by atoms with E-state index in [-0.39, 0.29) is 24.1 Å². The second-order valence-electron chi connectivity index (χ2n) is 7.18. The quantitative estimate of drug-likeness (QED) is 0.740. The molecule has 0 heterocycles. The minimum atomic E-state index is -0.522. The molecule has 0 saturated heterocycles. The molecule has 5 heteroatoms. The van der Waals surface area contributed by atoms with Gasteiger partial charge in [-0.2, -0.15) is 0 Å². The van der Waals surface area contributed by atoms with Crippen molar-refractivity contribution in [3.63, 3.8) is 0 Å². The van der Waals surface area contributed by atoms with Gasteiger partial charge >= 0.3 is 0 Å². The fourth-order valence-electron chi connectivity index (χ4n) is 3.15. The van der Waals surface area contributed by atoms with Crippen molar-refractivity contribution >= 4 is 11.7 Å². The maximum atomic E-state index is 13.1. The minimum Gasteiger partial charge on any atom is -0.345 e. The molecule has 2 aromatic rings. The third-order valence-corrected chi connectivity index (χ3v) is 4.82. The van der Waals surface area contributed by atoms with E-state index in [0.717, 1.165) is 24.0 Å². The lowest BCUT2D eigenvalue weighted by Gasteiger charge is -2.23. The first kappa shape index (κ1) is 19.2. The molecule has 0 aromatic heterocycles. The summed E-state index contributed by atoms with van der Waals surface area (Å²) >= 11 is 0. The number of hydrogen-bond donors (Lipinski definition) is 1. The van der Waals surface area contributed by atoms with Gasteiger partial charge in [0.15, 0.2) is 5.78 Å². The Morgan fingerprint density at radius 1 is 1.07 bits per heavy atom. The van der Waals surface area contributed by atoms with E-state index in [1.165, 1.54) is 19.1 Å². The standard InChI is InChI=1S/C22H25FN2O2/c1-16(26)21(13-17-5-3-2-4-6-17)24-22(27)15-25(20-11-12-20)14-18-7-9-19(23)10-8-18/h2-10,20-21H,11-15H2,1H3,(H,24,27)/t21-/m0/s1. The van der Waals surface area contributed by atoms with Crippen LogP contribution in [-0.2, 0) is 22.6 Å². The lowest BCUT2D eigenvalue weighted by molar-refractivity contribution is -0.127. The van der Waals surface area contributed by atoms with Crippen LogP contribution in [0.1, 0.15) is 30.9 Å². The highest BCUT2D eigenvalue weighted by molar-refractivity contribution is 5.88.